The van der Waals surface area contributed by atoms with Gasteiger partial charge >= 0.3 is 0 Å². The van der Waals surface area contributed by atoms with Gasteiger partial charge in [-0.1, -0.05) is 18.2 Å². The molecule has 26 heavy (non-hydrogen) atoms. The summed E-state index contributed by atoms with van der Waals surface area (Å²) in [6, 6.07) is 14.3. The van der Waals surface area contributed by atoms with Crippen LogP contribution in [0.3, 0.4) is 0 Å². The van der Waals surface area contributed by atoms with E-state index in [4.69, 9.17) is 4.74 Å². The summed E-state index contributed by atoms with van der Waals surface area (Å²) in [4.78, 5) is 5.02. The van der Waals surface area contributed by atoms with Crippen LogP contribution in [0.4, 0.5) is 0 Å². The minimum absolute atomic E-state index is 0.332. The number of nitrogens with zero attached hydrogens (tertiary/aromatic N) is 1. The molecule has 1 unspecified atom stereocenters. The molecule has 3 aromatic rings. The number of hydrogen-bond acceptors (Lipinski definition) is 5. The van der Waals surface area contributed by atoms with Crippen molar-refractivity contribution in [3.05, 3.63) is 76.9 Å². The van der Waals surface area contributed by atoms with Gasteiger partial charge in [0.05, 0.1) is 0 Å². The Balaban J connectivity index is 1.62. The number of ether oxygens (including phenoxy) is 1. The lowest BCUT2D eigenvalue weighted by molar-refractivity contribution is 0.305. The average molecular weight is 389 g/mol. The molecule has 0 fully saturated rings. The molecule has 2 aromatic heterocycles. The summed E-state index contributed by atoms with van der Waals surface area (Å²) in [5.74, 6) is 0.724. The summed E-state index contributed by atoms with van der Waals surface area (Å²) in [6.45, 7) is 4.15. The third-order valence-corrected chi connectivity index (χ3v) is 6.85. The van der Waals surface area contributed by atoms with Crippen molar-refractivity contribution in [1.29, 1.82) is 0 Å². The fraction of sp³-hybridized carbons (Fsp3) is 0.211. The van der Waals surface area contributed by atoms with E-state index >= 15 is 0 Å². The second-order valence-corrected chi connectivity index (χ2v) is 9.16. The quantitative estimate of drug-likeness (QED) is 0.662. The fourth-order valence-corrected chi connectivity index (χ4v) is 4.95. The summed E-state index contributed by atoms with van der Waals surface area (Å²) in [7, 11) is -3.51. The van der Waals surface area contributed by atoms with E-state index in [1.165, 1.54) is 11.3 Å². The highest BCUT2D eigenvalue weighted by atomic mass is 32.2. The minimum atomic E-state index is -3.51. The number of benzene rings is 1. The molecule has 7 heteroatoms. The predicted octanol–water partition coefficient (Wildman–Crippen LogP) is 4.07. The highest BCUT2D eigenvalue weighted by Crippen LogP contribution is 2.24. The van der Waals surface area contributed by atoms with Gasteiger partial charge in [0.15, 0.2) is 0 Å². The van der Waals surface area contributed by atoms with Gasteiger partial charge in [0.25, 0.3) is 10.0 Å². The Morgan fingerprint density at radius 2 is 1.92 bits per heavy atom. The van der Waals surface area contributed by atoms with Crippen LogP contribution in [0.2, 0.25) is 0 Å². The lowest BCUT2D eigenvalue weighted by Crippen LogP contribution is -2.26. The van der Waals surface area contributed by atoms with Gasteiger partial charge in [0.1, 0.15) is 16.6 Å². The van der Waals surface area contributed by atoms with Crippen molar-refractivity contribution in [3.63, 3.8) is 0 Å². The van der Waals surface area contributed by atoms with Crippen molar-refractivity contribution in [2.24, 2.45) is 0 Å². The van der Waals surface area contributed by atoms with Crippen LogP contribution in [0.5, 0.6) is 5.75 Å². The molecule has 1 atom stereocenters. The van der Waals surface area contributed by atoms with Gasteiger partial charge in [0, 0.05) is 28.9 Å². The van der Waals surface area contributed by atoms with E-state index in [1.807, 2.05) is 50.2 Å². The molecule has 2 heterocycles. The van der Waals surface area contributed by atoms with Crippen molar-refractivity contribution < 1.29 is 13.2 Å². The van der Waals surface area contributed by atoms with Crippen molar-refractivity contribution in [2.75, 3.05) is 0 Å². The van der Waals surface area contributed by atoms with Crippen molar-refractivity contribution in [3.8, 4) is 5.75 Å². The standard InChI is InChI=1S/C19H20N2O3S2/c1-14-5-10-19(25-14)26(22,23)21-15(2)17-6-8-18(9-7-17)24-13-16-4-3-11-20-12-16/h3-12,15,21H,13H2,1-2H3. The van der Waals surface area contributed by atoms with Crippen LogP contribution in [0.1, 0.15) is 29.0 Å². The molecule has 0 spiro atoms. The Kier molecular flexibility index (Phi) is 5.70. The summed E-state index contributed by atoms with van der Waals surface area (Å²) >= 11 is 1.26. The van der Waals surface area contributed by atoms with E-state index in [0.29, 0.717) is 10.8 Å². The van der Waals surface area contributed by atoms with Gasteiger partial charge in [0.2, 0.25) is 0 Å². The van der Waals surface area contributed by atoms with Crippen LogP contribution in [-0.4, -0.2) is 13.4 Å². The van der Waals surface area contributed by atoms with Crippen LogP contribution in [0.15, 0.2) is 65.1 Å². The molecule has 3 rings (SSSR count). The zero-order valence-corrected chi connectivity index (χ0v) is 16.2. The lowest BCUT2D eigenvalue weighted by atomic mass is 10.1. The highest BCUT2D eigenvalue weighted by Gasteiger charge is 2.20. The molecule has 0 saturated heterocycles. The Labute approximate surface area is 157 Å². The van der Waals surface area contributed by atoms with Crippen molar-refractivity contribution in [2.45, 2.75) is 30.7 Å². The summed E-state index contributed by atoms with van der Waals surface area (Å²) in [5.41, 5.74) is 1.86. The number of thiophene rings is 1. The molecular formula is C19H20N2O3S2. The Hall–Kier alpha value is -2.22. The number of aromatic nitrogens is 1. The Bertz CT molecular complexity index is 952. The van der Waals surface area contributed by atoms with Crippen LogP contribution >= 0.6 is 11.3 Å². The number of hydrogen-bond donors (Lipinski definition) is 1. The molecule has 0 aliphatic rings. The minimum Gasteiger partial charge on any atom is -0.489 e. The van der Waals surface area contributed by atoms with Gasteiger partial charge in [-0.3, -0.25) is 4.98 Å². The van der Waals surface area contributed by atoms with E-state index < -0.39 is 10.0 Å². The first-order chi connectivity index (χ1) is 12.4. The monoisotopic (exact) mass is 388 g/mol. The molecule has 0 bridgehead atoms. The zero-order valence-electron chi connectivity index (χ0n) is 14.5. The second-order valence-electron chi connectivity index (χ2n) is 5.93. The average Bonchev–Trinajstić information content (AvgIpc) is 3.08. The van der Waals surface area contributed by atoms with Crippen LogP contribution in [0, 0.1) is 6.92 Å². The third kappa shape index (κ3) is 4.69. The molecule has 0 amide bonds. The molecule has 0 saturated carbocycles. The Morgan fingerprint density at radius 3 is 2.54 bits per heavy atom. The third-order valence-electron chi connectivity index (χ3n) is 3.82. The van der Waals surface area contributed by atoms with E-state index in [1.54, 1.807) is 24.5 Å². The molecule has 1 aromatic carbocycles. The smallest absolute Gasteiger partial charge is 0.250 e. The maximum atomic E-state index is 12.4. The normalized spacial score (nSPS) is 12.7. The van der Waals surface area contributed by atoms with Gasteiger partial charge in [-0.05, 0) is 49.7 Å². The summed E-state index contributed by atoms with van der Waals surface area (Å²) in [6.07, 6.45) is 3.48. The van der Waals surface area contributed by atoms with Gasteiger partial charge in [-0.25, -0.2) is 13.1 Å². The zero-order chi connectivity index (χ0) is 18.6. The molecule has 0 aliphatic carbocycles. The first kappa shape index (κ1) is 18.6. The van der Waals surface area contributed by atoms with Gasteiger partial charge < -0.3 is 4.74 Å². The summed E-state index contributed by atoms with van der Waals surface area (Å²) < 4.78 is 33.6. The topological polar surface area (TPSA) is 68.3 Å². The van der Waals surface area contributed by atoms with Crippen LogP contribution in [-0.2, 0) is 16.6 Å². The first-order valence-electron chi connectivity index (χ1n) is 8.14. The van der Waals surface area contributed by atoms with Gasteiger partial charge in [-0.15, -0.1) is 11.3 Å². The largest absolute Gasteiger partial charge is 0.489 e. The highest BCUT2D eigenvalue weighted by molar-refractivity contribution is 7.91. The lowest BCUT2D eigenvalue weighted by Gasteiger charge is -2.14. The molecular weight excluding hydrogens is 368 g/mol. The van der Waals surface area contributed by atoms with Gasteiger partial charge in [-0.2, -0.15) is 0 Å². The summed E-state index contributed by atoms with van der Waals surface area (Å²) in [5, 5.41) is 0. The van der Waals surface area contributed by atoms with Crippen LogP contribution < -0.4 is 9.46 Å². The maximum absolute atomic E-state index is 12.4. The Morgan fingerprint density at radius 1 is 1.15 bits per heavy atom. The maximum Gasteiger partial charge on any atom is 0.250 e. The fourth-order valence-electron chi connectivity index (χ4n) is 2.42. The van der Waals surface area contributed by atoms with E-state index in [0.717, 1.165) is 21.8 Å². The molecule has 5 nitrogen and oxygen atoms in total. The molecule has 0 aliphatic heterocycles. The predicted molar refractivity (Wildman–Crippen MR) is 103 cm³/mol. The SMILES string of the molecule is Cc1ccc(S(=O)(=O)NC(C)c2ccc(OCc3cccnc3)cc2)s1. The van der Waals surface area contributed by atoms with Crippen molar-refractivity contribution in [1.82, 2.24) is 9.71 Å². The molecule has 136 valence electrons. The number of rotatable bonds is 7. The second kappa shape index (κ2) is 7.99. The van der Waals surface area contributed by atoms with Crippen LogP contribution in [0.25, 0.3) is 0 Å². The van der Waals surface area contributed by atoms with E-state index in [-0.39, 0.29) is 6.04 Å². The number of aryl methyl sites for hydroxylation is 1. The number of pyridine rings is 1. The van der Waals surface area contributed by atoms with E-state index in [2.05, 4.69) is 9.71 Å². The van der Waals surface area contributed by atoms with Crippen molar-refractivity contribution >= 4 is 21.4 Å². The van der Waals surface area contributed by atoms with E-state index in [9.17, 15) is 8.42 Å². The number of sulfonamides is 1. The number of nitrogens with one attached hydrogen (secondary N) is 1. The molecule has 0 radical (unpaired) electrons. The molecule has 1 N–H and O–H groups in total. The first-order valence-corrected chi connectivity index (χ1v) is 10.4.